The maximum Gasteiger partial charge on any atom is 0.273 e. The molecule has 0 saturated carbocycles. The largest absolute Gasteiger partial charge is 0.322 e. The Morgan fingerprint density at radius 3 is 2.65 bits per heavy atom. The average Bonchev–Trinajstić information content (AvgIpc) is 3.07. The van der Waals surface area contributed by atoms with Gasteiger partial charge in [0.05, 0.1) is 5.69 Å². The van der Waals surface area contributed by atoms with Crippen LogP contribution in [0, 0.1) is 5.82 Å². The smallest absolute Gasteiger partial charge is 0.273 e. The van der Waals surface area contributed by atoms with Crippen molar-refractivity contribution in [1.82, 2.24) is 14.6 Å². The number of anilines is 1. The van der Waals surface area contributed by atoms with Gasteiger partial charge < -0.3 is 5.32 Å². The van der Waals surface area contributed by atoms with Crippen molar-refractivity contribution in [2.75, 3.05) is 5.32 Å². The molecule has 4 rings (SSSR count). The lowest BCUT2D eigenvalue weighted by Crippen LogP contribution is -2.16. The number of hydrogen-bond acceptors (Lipinski definition) is 3. The molecule has 2 aromatic carbocycles. The molecule has 2 heterocycles. The van der Waals surface area contributed by atoms with Gasteiger partial charge in [-0.05, 0) is 24.3 Å². The minimum atomic E-state index is -0.430. The van der Waals surface area contributed by atoms with E-state index >= 15 is 0 Å². The number of fused-ring (bicyclic) bond motifs is 1. The summed E-state index contributed by atoms with van der Waals surface area (Å²) < 4.78 is 14.6. The summed E-state index contributed by atoms with van der Waals surface area (Å²) in [5.74, 6) is -0.834. The second-order valence-corrected chi connectivity index (χ2v) is 5.66. The number of halogens is 1. The van der Waals surface area contributed by atoms with Crippen molar-refractivity contribution in [2.45, 2.75) is 0 Å². The molecule has 128 valence electrons. The number of aromatic amines is 1. The molecule has 0 radical (unpaired) electrons. The van der Waals surface area contributed by atoms with E-state index in [-0.39, 0.29) is 11.2 Å². The summed E-state index contributed by atoms with van der Waals surface area (Å²) in [7, 11) is 0. The highest BCUT2D eigenvalue weighted by atomic mass is 19.1. The van der Waals surface area contributed by atoms with E-state index in [0.717, 1.165) is 0 Å². The van der Waals surface area contributed by atoms with E-state index in [4.69, 9.17) is 0 Å². The van der Waals surface area contributed by atoms with Crippen molar-refractivity contribution in [1.29, 1.82) is 0 Å². The first kappa shape index (κ1) is 15.8. The predicted octanol–water partition coefficient (Wildman–Crippen LogP) is 3.08. The van der Waals surface area contributed by atoms with Gasteiger partial charge in [0.25, 0.3) is 11.5 Å². The molecule has 6 nitrogen and oxygen atoms in total. The van der Waals surface area contributed by atoms with Crippen LogP contribution in [-0.2, 0) is 0 Å². The van der Waals surface area contributed by atoms with Crippen molar-refractivity contribution >= 4 is 17.2 Å². The molecule has 1 amide bonds. The molecule has 0 aliphatic carbocycles. The van der Waals surface area contributed by atoms with E-state index in [0.29, 0.717) is 16.9 Å². The van der Waals surface area contributed by atoms with Crippen molar-refractivity contribution in [2.24, 2.45) is 0 Å². The Morgan fingerprint density at radius 1 is 1.08 bits per heavy atom. The van der Waals surface area contributed by atoms with E-state index in [1.807, 2.05) is 6.07 Å². The number of carbonyl (C=O) groups is 1. The zero-order chi connectivity index (χ0) is 18.1. The third-order valence-electron chi connectivity index (χ3n) is 3.89. The van der Waals surface area contributed by atoms with Crippen LogP contribution in [0.25, 0.3) is 16.9 Å². The number of amides is 1. The molecule has 0 atom stereocenters. The number of nitrogens with zero attached hydrogens (tertiary/aromatic N) is 2. The minimum Gasteiger partial charge on any atom is -0.322 e. The Balaban J connectivity index is 1.79. The summed E-state index contributed by atoms with van der Waals surface area (Å²) in [4.78, 5) is 29.2. The van der Waals surface area contributed by atoms with Gasteiger partial charge in [-0.1, -0.05) is 30.3 Å². The number of nitrogens with one attached hydrogen (secondary N) is 2. The fourth-order valence-electron chi connectivity index (χ4n) is 2.66. The van der Waals surface area contributed by atoms with Crippen LogP contribution >= 0.6 is 0 Å². The lowest BCUT2D eigenvalue weighted by Gasteiger charge is -2.05. The number of benzene rings is 2. The van der Waals surface area contributed by atoms with Crippen LogP contribution in [0.3, 0.4) is 0 Å². The van der Waals surface area contributed by atoms with Crippen LogP contribution in [0.4, 0.5) is 10.1 Å². The first-order valence-corrected chi connectivity index (χ1v) is 7.85. The molecule has 0 spiro atoms. The van der Waals surface area contributed by atoms with Crippen molar-refractivity contribution in [3.8, 4) is 11.3 Å². The Morgan fingerprint density at radius 2 is 1.88 bits per heavy atom. The summed E-state index contributed by atoms with van der Waals surface area (Å²) >= 11 is 0. The van der Waals surface area contributed by atoms with E-state index < -0.39 is 17.3 Å². The van der Waals surface area contributed by atoms with Crippen LogP contribution in [0.5, 0.6) is 0 Å². The van der Waals surface area contributed by atoms with Gasteiger partial charge >= 0.3 is 0 Å². The molecule has 0 aliphatic heterocycles. The fourth-order valence-corrected chi connectivity index (χ4v) is 2.66. The van der Waals surface area contributed by atoms with E-state index in [9.17, 15) is 14.0 Å². The molecular weight excluding hydrogens is 335 g/mol. The van der Waals surface area contributed by atoms with E-state index in [2.05, 4.69) is 15.4 Å². The number of carbonyl (C=O) groups excluding carboxylic acids is 1. The second kappa shape index (κ2) is 6.29. The second-order valence-electron chi connectivity index (χ2n) is 5.66. The lowest BCUT2D eigenvalue weighted by atomic mass is 10.1. The molecule has 0 fully saturated rings. The first-order valence-electron chi connectivity index (χ1n) is 7.85. The third-order valence-corrected chi connectivity index (χ3v) is 3.89. The molecule has 4 aromatic rings. The lowest BCUT2D eigenvalue weighted by molar-refractivity contribution is 0.102. The number of H-pyrrole nitrogens is 1. The Kier molecular flexibility index (Phi) is 3.81. The van der Waals surface area contributed by atoms with Gasteiger partial charge in [0, 0.05) is 23.5 Å². The molecule has 26 heavy (non-hydrogen) atoms. The standard InChI is InChI=1S/C19H13FN4O2/c20-13-6-4-5-12(9-13)16-10-17(25)24-18(23-16)15(11-21-24)19(26)22-14-7-2-1-3-8-14/h1-11,21H,(H,22,26). The molecule has 0 unspecified atom stereocenters. The SMILES string of the molecule is O=C(Nc1ccccc1)c1c[nH]n2c(=O)cc(-c3cccc(F)c3)nc12. The van der Waals surface area contributed by atoms with Gasteiger partial charge in [0.15, 0.2) is 5.65 Å². The Labute approximate surface area is 146 Å². The number of hydrogen-bond donors (Lipinski definition) is 2. The summed E-state index contributed by atoms with van der Waals surface area (Å²) in [6.07, 6.45) is 1.41. The molecule has 2 N–H and O–H groups in total. The summed E-state index contributed by atoms with van der Waals surface area (Å²) in [5, 5.41) is 5.47. The zero-order valence-corrected chi connectivity index (χ0v) is 13.4. The first-order chi connectivity index (χ1) is 12.6. The number of rotatable bonds is 3. The maximum atomic E-state index is 13.5. The monoisotopic (exact) mass is 348 g/mol. The molecule has 0 bridgehead atoms. The summed E-state index contributed by atoms with van der Waals surface area (Å²) in [6.45, 7) is 0. The number of para-hydroxylation sites is 1. The third kappa shape index (κ3) is 2.86. The molecule has 7 heteroatoms. The van der Waals surface area contributed by atoms with Gasteiger partial charge in [-0.15, -0.1) is 0 Å². The fraction of sp³-hybridized carbons (Fsp3) is 0. The van der Waals surface area contributed by atoms with Crippen molar-refractivity contribution in [3.63, 3.8) is 0 Å². The Hall–Kier alpha value is -3.74. The van der Waals surface area contributed by atoms with Gasteiger partial charge in [-0.3, -0.25) is 14.7 Å². The zero-order valence-electron chi connectivity index (χ0n) is 13.4. The van der Waals surface area contributed by atoms with Gasteiger partial charge in [0.1, 0.15) is 11.4 Å². The predicted molar refractivity (Wildman–Crippen MR) is 95.6 cm³/mol. The summed E-state index contributed by atoms with van der Waals surface area (Å²) in [5.41, 5.74) is 1.37. The van der Waals surface area contributed by atoms with Gasteiger partial charge in [-0.25, -0.2) is 13.9 Å². The van der Waals surface area contributed by atoms with Crippen LogP contribution in [-0.4, -0.2) is 20.5 Å². The molecular formula is C19H13FN4O2. The van der Waals surface area contributed by atoms with Gasteiger partial charge in [-0.2, -0.15) is 0 Å². The molecule has 0 saturated heterocycles. The quantitative estimate of drug-likeness (QED) is 0.597. The highest BCUT2D eigenvalue weighted by Gasteiger charge is 2.16. The van der Waals surface area contributed by atoms with Crippen LogP contribution in [0.1, 0.15) is 10.4 Å². The van der Waals surface area contributed by atoms with Crippen LogP contribution < -0.4 is 10.9 Å². The minimum absolute atomic E-state index is 0.171. The maximum absolute atomic E-state index is 13.5. The highest BCUT2D eigenvalue weighted by molar-refractivity contribution is 6.08. The van der Waals surface area contributed by atoms with E-state index in [1.54, 1.807) is 30.3 Å². The van der Waals surface area contributed by atoms with Crippen LogP contribution in [0.15, 0.2) is 71.7 Å². The molecule has 0 aliphatic rings. The van der Waals surface area contributed by atoms with Gasteiger partial charge in [0.2, 0.25) is 0 Å². The van der Waals surface area contributed by atoms with Crippen molar-refractivity contribution in [3.05, 3.63) is 88.6 Å². The van der Waals surface area contributed by atoms with Crippen molar-refractivity contribution < 1.29 is 9.18 Å². The number of aromatic nitrogens is 3. The topological polar surface area (TPSA) is 79.3 Å². The normalized spacial score (nSPS) is 10.8. The van der Waals surface area contributed by atoms with E-state index in [1.165, 1.54) is 35.0 Å². The summed E-state index contributed by atoms with van der Waals surface area (Å²) in [6, 6.07) is 16.0. The Bertz CT molecular complexity index is 1170. The molecule has 2 aromatic heterocycles. The average molecular weight is 348 g/mol. The highest BCUT2D eigenvalue weighted by Crippen LogP contribution is 2.19. The van der Waals surface area contributed by atoms with Crippen LogP contribution in [0.2, 0.25) is 0 Å².